The molecule has 0 spiro atoms. The van der Waals surface area contributed by atoms with E-state index in [1.54, 1.807) is 0 Å². The Hall–Kier alpha value is -3.14. The number of unbranched alkanes of at least 4 members (excludes halogenated alkanes) is 1. The van der Waals surface area contributed by atoms with Gasteiger partial charge in [-0.15, -0.1) is 0 Å². The molecule has 2 rings (SSSR count). The van der Waals surface area contributed by atoms with Crippen molar-refractivity contribution in [1.29, 1.82) is 0 Å². The van der Waals surface area contributed by atoms with Gasteiger partial charge >= 0.3 is 0 Å². The predicted octanol–water partition coefficient (Wildman–Crippen LogP) is 2.93. The van der Waals surface area contributed by atoms with E-state index in [1.807, 2.05) is 6.92 Å². The third-order valence-corrected chi connectivity index (χ3v) is 5.26. The summed E-state index contributed by atoms with van der Waals surface area (Å²) in [4.78, 5) is 22.2. The van der Waals surface area contributed by atoms with E-state index in [0.717, 1.165) is 18.9 Å². The first-order chi connectivity index (χ1) is 13.3. The van der Waals surface area contributed by atoms with Gasteiger partial charge in [0.05, 0.1) is 22.6 Å². The lowest BCUT2D eigenvalue weighted by molar-refractivity contribution is -0.384. The quantitative estimate of drug-likeness (QED) is 0.374. The fourth-order valence-corrected chi connectivity index (χ4v) is 3.42. The Morgan fingerprint density at radius 1 is 1.18 bits per heavy atom. The third-order valence-electron chi connectivity index (χ3n) is 3.88. The highest BCUT2D eigenvalue weighted by atomic mass is 32.2. The van der Waals surface area contributed by atoms with Gasteiger partial charge in [0.25, 0.3) is 21.6 Å². The van der Waals surface area contributed by atoms with Crippen LogP contribution in [0.3, 0.4) is 0 Å². The number of carbonyl (C=O) groups excluding carboxylic acids is 1. The van der Waals surface area contributed by atoms with E-state index in [9.17, 15) is 23.3 Å². The summed E-state index contributed by atoms with van der Waals surface area (Å²) in [5, 5.41) is 13.7. The van der Waals surface area contributed by atoms with Crippen LogP contribution in [0.2, 0.25) is 0 Å². The van der Waals surface area contributed by atoms with Crippen molar-refractivity contribution in [1.82, 2.24) is 5.32 Å². The van der Waals surface area contributed by atoms with E-state index in [0.29, 0.717) is 12.1 Å². The largest absolute Gasteiger partial charge is 0.495 e. The Labute approximate surface area is 162 Å². The molecule has 0 saturated heterocycles. The molecular weight excluding hydrogens is 386 g/mol. The van der Waals surface area contributed by atoms with Gasteiger partial charge < -0.3 is 10.1 Å². The summed E-state index contributed by atoms with van der Waals surface area (Å²) in [5.74, 6) is -0.146. The molecule has 2 N–H and O–H groups in total. The van der Waals surface area contributed by atoms with Crippen molar-refractivity contribution in [3.05, 3.63) is 58.1 Å². The van der Waals surface area contributed by atoms with Crippen molar-refractivity contribution < 1.29 is 22.9 Å². The zero-order valence-corrected chi connectivity index (χ0v) is 16.3. The lowest BCUT2D eigenvalue weighted by Gasteiger charge is -2.12. The van der Waals surface area contributed by atoms with E-state index in [4.69, 9.17) is 4.74 Å². The average Bonchev–Trinajstić information content (AvgIpc) is 2.67. The normalized spacial score (nSPS) is 10.9. The van der Waals surface area contributed by atoms with Crippen LogP contribution in [0.25, 0.3) is 0 Å². The van der Waals surface area contributed by atoms with Crippen molar-refractivity contribution in [3.63, 3.8) is 0 Å². The number of amides is 1. The summed E-state index contributed by atoms with van der Waals surface area (Å²) >= 11 is 0. The van der Waals surface area contributed by atoms with Crippen LogP contribution in [0.15, 0.2) is 47.4 Å². The molecule has 0 aliphatic carbocycles. The predicted molar refractivity (Wildman–Crippen MR) is 104 cm³/mol. The fraction of sp³-hybridized carbons (Fsp3) is 0.278. The molecule has 0 aliphatic rings. The van der Waals surface area contributed by atoms with Crippen molar-refractivity contribution in [2.45, 2.75) is 24.7 Å². The van der Waals surface area contributed by atoms with Crippen LogP contribution in [0.5, 0.6) is 5.75 Å². The van der Waals surface area contributed by atoms with Gasteiger partial charge in [-0.2, -0.15) is 0 Å². The van der Waals surface area contributed by atoms with E-state index in [1.165, 1.54) is 43.5 Å². The number of methoxy groups -OCH3 is 1. The maximum Gasteiger partial charge on any atom is 0.271 e. The number of carbonyl (C=O) groups is 1. The summed E-state index contributed by atoms with van der Waals surface area (Å²) < 4.78 is 32.6. The van der Waals surface area contributed by atoms with Gasteiger partial charge in [0.1, 0.15) is 5.75 Å². The Balaban J connectivity index is 2.22. The monoisotopic (exact) mass is 407 g/mol. The van der Waals surface area contributed by atoms with E-state index >= 15 is 0 Å². The number of hydrogen-bond acceptors (Lipinski definition) is 6. The maximum atomic E-state index is 12.6. The lowest BCUT2D eigenvalue weighted by Crippen LogP contribution is -2.24. The Morgan fingerprint density at radius 3 is 2.43 bits per heavy atom. The third kappa shape index (κ3) is 5.19. The highest BCUT2D eigenvalue weighted by Gasteiger charge is 2.19. The minimum absolute atomic E-state index is 0.0573. The maximum absolute atomic E-state index is 12.6. The molecule has 0 saturated carbocycles. The van der Waals surface area contributed by atoms with E-state index < -0.39 is 14.9 Å². The van der Waals surface area contributed by atoms with Crippen LogP contribution in [0, 0.1) is 10.1 Å². The summed E-state index contributed by atoms with van der Waals surface area (Å²) in [7, 11) is -2.71. The first kappa shape index (κ1) is 21.2. The molecule has 0 aromatic heterocycles. The number of rotatable bonds is 9. The smallest absolute Gasteiger partial charge is 0.271 e. The molecule has 9 nitrogen and oxygen atoms in total. The molecule has 2 aromatic carbocycles. The standard InChI is InChI=1S/C18H21N3O6S/c1-3-4-11-19-18(22)13-5-8-15(9-6-13)28(25,26)20-16-12-14(21(23)24)7-10-17(16)27-2/h5-10,12,20H,3-4,11H2,1-2H3,(H,19,22). The van der Waals surface area contributed by atoms with Crippen molar-refractivity contribution in [3.8, 4) is 5.75 Å². The number of benzene rings is 2. The Morgan fingerprint density at radius 2 is 1.86 bits per heavy atom. The first-order valence-electron chi connectivity index (χ1n) is 8.52. The van der Waals surface area contributed by atoms with Crippen LogP contribution in [-0.2, 0) is 10.0 Å². The zero-order chi connectivity index (χ0) is 20.7. The van der Waals surface area contributed by atoms with Gasteiger partial charge in [-0.05, 0) is 36.8 Å². The summed E-state index contributed by atoms with van der Waals surface area (Å²) in [6.45, 7) is 2.55. The molecule has 0 unspecified atom stereocenters. The molecule has 1 amide bonds. The zero-order valence-electron chi connectivity index (χ0n) is 15.5. The molecule has 0 aliphatic heterocycles. The number of nitrogens with zero attached hydrogens (tertiary/aromatic N) is 1. The number of nitrogens with one attached hydrogen (secondary N) is 2. The minimum Gasteiger partial charge on any atom is -0.495 e. The van der Waals surface area contributed by atoms with Gasteiger partial charge in [0.2, 0.25) is 0 Å². The van der Waals surface area contributed by atoms with E-state index in [-0.39, 0.29) is 27.9 Å². The molecule has 2 aromatic rings. The molecule has 0 heterocycles. The number of sulfonamides is 1. The summed E-state index contributed by atoms with van der Waals surface area (Å²) in [6, 6.07) is 8.98. The number of nitro benzene ring substituents is 1. The summed E-state index contributed by atoms with van der Waals surface area (Å²) in [5.41, 5.74) is -0.00124. The Bertz CT molecular complexity index is 958. The number of hydrogen-bond donors (Lipinski definition) is 2. The van der Waals surface area contributed by atoms with Gasteiger partial charge in [-0.3, -0.25) is 19.6 Å². The summed E-state index contributed by atoms with van der Waals surface area (Å²) in [6.07, 6.45) is 1.80. The first-order valence-corrected chi connectivity index (χ1v) is 10.0. The highest BCUT2D eigenvalue weighted by Crippen LogP contribution is 2.30. The number of non-ortho nitro benzene ring substituents is 1. The molecule has 10 heteroatoms. The highest BCUT2D eigenvalue weighted by molar-refractivity contribution is 7.92. The average molecular weight is 407 g/mol. The van der Waals surface area contributed by atoms with Crippen LogP contribution in [0.4, 0.5) is 11.4 Å². The number of ether oxygens (including phenoxy) is 1. The topological polar surface area (TPSA) is 128 Å². The van der Waals surface area contributed by atoms with Crippen molar-refractivity contribution in [2.24, 2.45) is 0 Å². The van der Waals surface area contributed by atoms with Crippen molar-refractivity contribution in [2.75, 3.05) is 18.4 Å². The van der Waals surface area contributed by atoms with Gasteiger partial charge in [0, 0.05) is 24.2 Å². The molecular formula is C18H21N3O6S. The second-order valence-corrected chi connectivity index (χ2v) is 7.56. The Kier molecular flexibility index (Phi) is 6.94. The molecule has 0 bridgehead atoms. The molecule has 150 valence electrons. The molecule has 0 radical (unpaired) electrons. The van der Waals surface area contributed by atoms with Crippen molar-refractivity contribution >= 4 is 27.3 Å². The second-order valence-electron chi connectivity index (χ2n) is 5.88. The molecule has 28 heavy (non-hydrogen) atoms. The molecule has 0 fully saturated rings. The fourth-order valence-electron chi connectivity index (χ4n) is 2.36. The van der Waals surface area contributed by atoms with Crippen LogP contribution < -0.4 is 14.8 Å². The lowest BCUT2D eigenvalue weighted by atomic mass is 10.2. The number of nitro groups is 1. The SMILES string of the molecule is CCCCNC(=O)c1ccc(S(=O)(=O)Nc2cc([N+](=O)[O-])ccc2OC)cc1. The van der Waals surface area contributed by atoms with Gasteiger partial charge in [0.15, 0.2) is 0 Å². The number of anilines is 1. The van der Waals surface area contributed by atoms with Gasteiger partial charge in [-0.25, -0.2) is 8.42 Å². The molecule has 0 atom stereocenters. The minimum atomic E-state index is -4.04. The van der Waals surface area contributed by atoms with Crippen LogP contribution >= 0.6 is 0 Å². The van der Waals surface area contributed by atoms with Crippen LogP contribution in [-0.4, -0.2) is 32.9 Å². The second kappa shape index (κ2) is 9.18. The van der Waals surface area contributed by atoms with Gasteiger partial charge in [-0.1, -0.05) is 13.3 Å². The van der Waals surface area contributed by atoms with E-state index in [2.05, 4.69) is 10.0 Å². The van der Waals surface area contributed by atoms with Crippen LogP contribution in [0.1, 0.15) is 30.1 Å².